The highest BCUT2D eigenvalue weighted by molar-refractivity contribution is 6.20. The van der Waals surface area contributed by atoms with Gasteiger partial charge < -0.3 is 4.57 Å². The minimum atomic E-state index is -0.0590. The number of imidazole rings is 1. The predicted molar refractivity (Wildman–Crippen MR) is 87.6 cm³/mol. The summed E-state index contributed by atoms with van der Waals surface area (Å²) in [4.78, 5) is 4.73. The minimum absolute atomic E-state index is 0.0590. The van der Waals surface area contributed by atoms with E-state index >= 15 is 0 Å². The van der Waals surface area contributed by atoms with Crippen LogP contribution in [-0.4, -0.2) is 9.55 Å². The Morgan fingerprint density at radius 1 is 1.25 bits per heavy atom. The summed E-state index contributed by atoms with van der Waals surface area (Å²) in [6.07, 6.45) is 5.00. The zero-order chi connectivity index (χ0) is 14.7. The monoisotopic (exact) mass is 292 g/mol. The van der Waals surface area contributed by atoms with E-state index in [2.05, 4.69) is 43.5 Å². The summed E-state index contributed by atoms with van der Waals surface area (Å²) in [5.41, 5.74) is 3.55. The number of fused-ring (bicyclic) bond motifs is 1. The fraction of sp³-hybridized carbons (Fsp3) is 0.588. The van der Waals surface area contributed by atoms with Crippen molar-refractivity contribution in [3.05, 3.63) is 29.6 Å². The molecular formula is C17H25ClN2. The van der Waals surface area contributed by atoms with Gasteiger partial charge in [0.05, 0.1) is 16.4 Å². The molecule has 2 unspecified atom stereocenters. The highest BCUT2D eigenvalue weighted by Gasteiger charge is 2.18. The van der Waals surface area contributed by atoms with Gasteiger partial charge in [0.25, 0.3) is 0 Å². The summed E-state index contributed by atoms with van der Waals surface area (Å²) in [6.45, 7) is 8.65. The number of benzene rings is 1. The minimum Gasteiger partial charge on any atom is -0.324 e. The van der Waals surface area contributed by atoms with E-state index < -0.39 is 0 Å². The van der Waals surface area contributed by atoms with Crippen LogP contribution in [0.15, 0.2) is 18.2 Å². The number of aromatic nitrogens is 2. The number of nitrogens with zero attached hydrogens (tertiary/aromatic N) is 2. The Morgan fingerprint density at radius 2 is 2.00 bits per heavy atom. The van der Waals surface area contributed by atoms with Crippen molar-refractivity contribution < 1.29 is 0 Å². The van der Waals surface area contributed by atoms with E-state index in [1.807, 2.05) is 6.92 Å². The third kappa shape index (κ3) is 3.17. The Bertz CT molecular complexity index is 572. The van der Waals surface area contributed by atoms with Gasteiger partial charge in [0.15, 0.2) is 0 Å². The van der Waals surface area contributed by atoms with Crippen molar-refractivity contribution in [1.82, 2.24) is 9.55 Å². The topological polar surface area (TPSA) is 17.8 Å². The first kappa shape index (κ1) is 15.4. The van der Waals surface area contributed by atoms with Gasteiger partial charge in [-0.25, -0.2) is 4.98 Å². The Kier molecular flexibility index (Phi) is 5.09. The van der Waals surface area contributed by atoms with Gasteiger partial charge in [0, 0.05) is 6.04 Å². The highest BCUT2D eigenvalue weighted by Crippen LogP contribution is 2.30. The number of unbranched alkanes of at least 4 members (excludes halogenated alkanes) is 2. The fourth-order valence-electron chi connectivity index (χ4n) is 2.78. The number of aryl methyl sites for hydroxylation is 1. The van der Waals surface area contributed by atoms with Crippen LogP contribution in [0, 0.1) is 6.92 Å². The molecule has 1 heterocycles. The van der Waals surface area contributed by atoms with E-state index in [1.165, 1.54) is 36.8 Å². The molecule has 20 heavy (non-hydrogen) atoms. The lowest BCUT2D eigenvalue weighted by atomic mass is 10.1. The van der Waals surface area contributed by atoms with Crippen LogP contribution in [0.25, 0.3) is 11.0 Å². The molecule has 2 nitrogen and oxygen atoms in total. The Hall–Kier alpha value is -1.02. The van der Waals surface area contributed by atoms with E-state index in [0.29, 0.717) is 6.04 Å². The van der Waals surface area contributed by atoms with Crippen molar-refractivity contribution in [2.75, 3.05) is 0 Å². The predicted octanol–water partition coefficient (Wildman–Crippen LogP) is 5.79. The van der Waals surface area contributed by atoms with Crippen LogP contribution >= 0.6 is 11.6 Å². The molecule has 0 aliphatic carbocycles. The molecule has 0 saturated heterocycles. The van der Waals surface area contributed by atoms with E-state index in [4.69, 9.17) is 16.6 Å². The molecule has 0 amide bonds. The van der Waals surface area contributed by atoms with Gasteiger partial charge in [-0.1, -0.05) is 32.3 Å². The Morgan fingerprint density at radius 3 is 2.65 bits per heavy atom. The van der Waals surface area contributed by atoms with Crippen molar-refractivity contribution >= 4 is 22.6 Å². The third-order valence-electron chi connectivity index (χ3n) is 3.89. The summed E-state index contributed by atoms with van der Waals surface area (Å²) in [7, 11) is 0. The fourth-order valence-corrected chi connectivity index (χ4v) is 2.94. The first-order chi connectivity index (χ1) is 9.54. The van der Waals surface area contributed by atoms with Crippen LogP contribution < -0.4 is 0 Å². The summed E-state index contributed by atoms with van der Waals surface area (Å²) in [5, 5.41) is -0.0590. The van der Waals surface area contributed by atoms with Gasteiger partial charge in [0.1, 0.15) is 5.82 Å². The molecule has 0 N–H and O–H groups in total. The highest BCUT2D eigenvalue weighted by atomic mass is 35.5. The van der Waals surface area contributed by atoms with Crippen LogP contribution in [0.5, 0.6) is 0 Å². The van der Waals surface area contributed by atoms with Crippen LogP contribution in [0.3, 0.4) is 0 Å². The Labute approximate surface area is 127 Å². The molecule has 1 aromatic heterocycles. The third-order valence-corrected chi connectivity index (χ3v) is 4.09. The van der Waals surface area contributed by atoms with Gasteiger partial charge in [-0.3, -0.25) is 0 Å². The summed E-state index contributed by atoms with van der Waals surface area (Å²) >= 11 is 6.34. The van der Waals surface area contributed by atoms with Crippen LogP contribution in [-0.2, 0) is 0 Å². The molecule has 0 fully saturated rings. The molecule has 2 aromatic rings. The van der Waals surface area contributed by atoms with Crippen molar-refractivity contribution in [2.45, 2.75) is 64.8 Å². The first-order valence-electron chi connectivity index (χ1n) is 7.67. The van der Waals surface area contributed by atoms with E-state index in [1.54, 1.807) is 0 Å². The summed E-state index contributed by atoms with van der Waals surface area (Å²) in [5.74, 6) is 0.997. The molecule has 2 atom stereocenters. The second kappa shape index (κ2) is 6.62. The first-order valence-corrected chi connectivity index (χ1v) is 8.10. The number of hydrogen-bond donors (Lipinski definition) is 0. The number of halogens is 1. The maximum absolute atomic E-state index is 6.34. The normalized spacial score (nSPS) is 14.7. The van der Waals surface area contributed by atoms with Crippen molar-refractivity contribution in [3.8, 4) is 0 Å². The molecule has 0 aliphatic rings. The smallest absolute Gasteiger partial charge is 0.127 e. The van der Waals surface area contributed by atoms with Crippen molar-refractivity contribution in [3.63, 3.8) is 0 Å². The second-order valence-corrected chi connectivity index (χ2v) is 6.45. The molecule has 0 saturated carbocycles. The molecule has 0 radical (unpaired) electrons. The summed E-state index contributed by atoms with van der Waals surface area (Å²) in [6, 6.07) is 6.89. The van der Waals surface area contributed by atoms with Crippen LogP contribution in [0.1, 0.15) is 69.3 Å². The zero-order valence-electron chi connectivity index (χ0n) is 13.0. The lowest BCUT2D eigenvalue weighted by Crippen LogP contribution is -2.10. The largest absolute Gasteiger partial charge is 0.324 e. The number of rotatable bonds is 6. The average Bonchev–Trinajstić information content (AvgIpc) is 2.77. The molecule has 0 spiro atoms. The zero-order valence-corrected chi connectivity index (χ0v) is 13.7. The van der Waals surface area contributed by atoms with Gasteiger partial charge in [0.2, 0.25) is 0 Å². The lowest BCUT2D eigenvalue weighted by Gasteiger charge is -2.18. The quantitative estimate of drug-likeness (QED) is 0.487. The van der Waals surface area contributed by atoms with Crippen LogP contribution in [0.2, 0.25) is 0 Å². The average molecular weight is 293 g/mol. The van der Waals surface area contributed by atoms with E-state index in [-0.39, 0.29) is 5.38 Å². The maximum Gasteiger partial charge on any atom is 0.127 e. The van der Waals surface area contributed by atoms with Crippen molar-refractivity contribution in [2.24, 2.45) is 0 Å². The number of alkyl halides is 1. The van der Waals surface area contributed by atoms with Crippen LogP contribution in [0.4, 0.5) is 0 Å². The molecule has 1 aromatic carbocycles. The molecule has 0 aliphatic heterocycles. The van der Waals surface area contributed by atoms with Crippen molar-refractivity contribution in [1.29, 1.82) is 0 Å². The molecule has 110 valence electrons. The molecule has 3 heteroatoms. The van der Waals surface area contributed by atoms with E-state index in [9.17, 15) is 0 Å². The SMILES string of the molecule is CCCCCC(C)n1c(C(C)Cl)nc2ccc(C)cc21. The number of hydrogen-bond acceptors (Lipinski definition) is 1. The van der Waals surface area contributed by atoms with Gasteiger partial charge >= 0.3 is 0 Å². The Balaban J connectivity index is 2.42. The van der Waals surface area contributed by atoms with Gasteiger partial charge in [-0.15, -0.1) is 11.6 Å². The second-order valence-electron chi connectivity index (χ2n) is 5.79. The lowest BCUT2D eigenvalue weighted by molar-refractivity contribution is 0.472. The molecule has 0 bridgehead atoms. The van der Waals surface area contributed by atoms with Gasteiger partial charge in [-0.2, -0.15) is 0 Å². The standard InChI is InChI=1S/C17H25ClN2/c1-5-6-7-8-13(3)20-16-11-12(2)9-10-15(16)19-17(20)14(4)18/h9-11,13-14H,5-8H2,1-4H3. The van der Waals surface area contributed by atoms with E-state index in [0.717, 1.165) is 11.3 Å². The molecule has 2 rings (SSSR count). The van der Waals surface area contributed by atoms with Gasteiger partial charge in [-0.05, 0) is 44.9 Å². The summed E-state index contributed by atoms with van der Waals surface area (Å²) < 4.78 is 2.34. The maximum atomic E-state index is 6.34. The molecular weight excluding hydrogens is 268 g/mol.